The topological polar surface area (TPSA) is 108 Å². The number of carbonyl (C=O) groups is 1. The van der Waals surface area contributed by atoms with Crippen LogP contribution in [0.15, 0.2) is 36.7 Å². The second-order valence-electron chi connectivity index (χ2n) is 8.47. The Labute approximate surface area is 190 Å². The monoisotopic (exact) mass is 447 g/mol. The molecule has 10 nitrogen and oxygen atoms in total. The van der Waals surface area contributed by atoms with Gasteiger partial charge >= 0.3 is 0 Å². The van der Waals surface area contributed by atoms with Crippen LogP contribution in [0.5, 0.6) is 11.5 Å². The fourth-order valence-corrected chi connectivity index (χ4v) is 4.18. The van der Waals surface area contributed by atoms with Crippen LogP contribution in [0, 0.1) is 12.8 Å². The Morgan fingerprint density at radius 2 is 2.06 bits per heavy atom. The summed E-state index contributed by atoms with van der Waals surface area (Å²) in [6.45, 7) is 6.66. The number of fused-ring (bicyclic) bond motifs is 2. The van der Waals surface area contributed by atoms with E-state index in [9.17, 15) is 4.79 Å². The van der Waals surface area contributed by atoms with E-state index >= 15 is 0 Å². The molecular weight excluding hydrogens is 422 g/mol. The maximum Gasteiger partial charge on any atom is 0.226 e. The van der Waals surface area contributed by atoms with Crippen LogP contribution in [0.25, 0.3) is 11.5 Å². The normalized spacial score (nSPS) is 15.5. The third-order valence-electron chi connectivity index (χ3n) is 5.63. The Kier molecular flexibility index (Phi) is 5.20. The molecule has 4 heterocycles. The predicted octanol–water partition coefficient (Wildman–Crippen LogP) is 3.14. The van der Waals surface area contributed by atoms with Gasteiger partial charge in [0.25, 0.3) is 0 Å². The van der Waals surface area contributed by atoms with Crippen molar-refractivity contribution >= 4 is 17.4 Å². The van der Waals surface area contributed by atoms with Crippen molar-refractivity contribution in [3.8, 4) is 17.3 Å². The number of ether oxygens (including phenoxy) is 2. The molecule has 4 aromatic rings. The van der Waals surface area contributed by atoms with Crippen molar-refractivity contribution in [3.63, 3.8) is 0 Å². The fraction of sp³-hybridized carbons (Fsp3) is 0.348. The van der Waals surface area contributed by atoms with Gasteiger partial charge in [0.2, 0.25) is 5.91 Å². The second kappa shape index (κ2) is 8.19. The maximum absolute atomic E-state index is 12.8. The van der Waals surface area contributed by atoms with Crippen molar-refractivity contribution in [3.05, 3.63) is 53.5 Å². The lowest BCUT2D eigenvalue weighted by molar-refractivity contribution is -0.116. The number of carbonyl (C=O) groups excluding carboxylic acids is 1. The molecular formula is C23H25N7O3. The lowest BCUT2D eigenvalue weighted by atomic mass is 9.85. The third kappa shape index (κ3) is 3.67. The smallest absolute Gasteiger partial charge is 0.226 e. The lowest BCUT2D eigenvalue weighted by Crippen LogP contribution is -2.25. The number of hydrogen-bond donors (Lipinski definition) is 1. The average molecular weight is 447 g/mol. The first-order valence-electron chi connectivity index (χ1n) is 10.8. The number of amides is 1. The number of nitrogens with one attached hydrogen (secondary N) is 1. The van der Waals surface area contributed by atoms with E-state index in [1.165, 1.54) is 6.33 Å². The minimum Gasteiger partial charge on any atom is -0.493 e. The molecule has 3 aromatic heterocycles. The first kappa shape index (κ1) is 20.9. The molecule has 170 valence electrons. The number of benzene rings is 1. The molecule has 33 heavy (non-hydrogen) atoms. The molecule has 5 rings (SSSR count). The van der Waals surface area contributed by atoms with Gasteiger partial charge in [0.15, 0.2) is 23.0 Å². The molecule has 1 amide bonds. The van der Waals surface area contributed by atoms with Crippen LogP contribution in [-0.2, 0) is 4.79 Å². The highest BCUT2D eigenvalue weighted by Gasteiger charge is 2.35. The summed E-state index contributed by atoms with van der Waals surface area (Å²) >= 11 is 0. The summed E-state index contributed by atoms with van der Waals surface area (Å²) in [5.74, 6) is 2.47. The minimum atomic E-state index is -0.238. The van der Waals surface area contributed by atoms with Gasteiger partial charge < -0.3 is 14.8 Å². The number of aromatic nitrogens is 6. The summed E-state index contributed by atoms with van der Waals surface area (Å²) in [4.78, 5) is 12.8. The van der Waals surface area contributed by atoms with E-state index in [2.05, 4.69) is 34.5 Å². The Bertz CT molecular complexity index is 1340. The van der Waals surface area contributed by atoms with Crippen molar-refractivity contribution < 1.29 is 14.3 Å². The highest BCUT2D eigenvalue weighted by Crippen LogP contribution is 2.45. The predicted molar refractivity (Wildman–Crippen MR) is 121 cm³/mol. The van der Waals surface area contributed by atoms with Crippen LogP contribution in [0.4, 0.5) is 5.82 Å². The SMILES string of the molecule is COc1cccc(C2CC(=O)Nc3c2c(C)nn3-c2ccc3nncn3n2)c1OCC(C)C. The van der Waals surface area contributed by atoms with Crippen molar-refractivity contribution in [1.29, 1.82) is 0 Å². The third-order valence-corrected chi connectivity index (χ3v) is 5.63. The largest absolute Gasteiger partial charge is 0.493 e. The fourth-order valence-electron chi connectivity index (χ4n) is 4.18. The lowest BCUT2D eigenvalue weighted by Gasteiger charge is -2.27. The molecule has 0 fully saturated rings. The molecule has 0 aliphatic carbocycles. The van der Waals surface area contributed by atoms with Gasteiger partial charge in [-0.3, -0.25) is 4.79 Å². The number of aryl methyl sites for hydroxylation is 1. The molecule has 1 unspecified atom stereocenters. The van der Waals surface area contributed by atoms with Gasteiger partial charge in [-0.2, -0.15) is 14.3 Å². The van der Waals surface area contributed by atoms with Crippen LogP contribution in [-0.4, -0.2) is 49.2 Å². The number of anilines is 1. The van der Waals surface area contributed by atoms with Crippen molar-refractivity contribution in [2.75, 3.05) is 19.0 Å². The average Bonchev–Trinajstić information content (AvgIpc) is 3.40. The van der Waals surface area contributed by atoms with E-state index in [0.29, 0.717) is 41.3 Å². The highest BCUT2D eigenvalue weighted by atomic mass is 16.5. The summed E-state index contributed by atoms with van der Waals surface area (Å²) in [7, 11) is 1.62. The molecule has 10 heteroatoms. The molecule has 1 atom stereocenters. The van der Waals surface area contributed by atoms with E-state index in [1.807, 2.05) is 25.1 Å². The zero-order valence-corrected chi connectivity index (χ0v) is 18.9. The first-order valence-corrected chi connectivity index (χ1v) is 10.8. The highest BCUT2D eigenvalue weighted by molar-refractivity contribution is 5.95. The van der Waals surface area contributed by atoms with Gasteiger partial charge in [-0.15, -0.1) is 15.3 Å². The van der Waals surface area contributed by atoms with Crippen LogP contribution in [0.1, 0.15) is 43.0 Å². The first-order chi connectivity index (χ1) is 16.0. The summed E-state index contributed by atoms with van der Waals surface area (Å²) in [5.41, 5.74) is 3.26. The van der Waals surface area contributed by atoms with Crippen molar-refractivity contribution in [2.45, 2.75) is 33.1 Å². The second-order valence-corrected chi connectivity index (χ2v) is 8.47. The van der Waals surface area contributed by atoms with Gasteiger partial charge in [0, 0.05) is 23.5 Å². The Morgan fingerprint density at radius 1 is 1.21 bits per heavy atom. The molecule has 0 saturated heterocycles. The van der Waals surface area contributed by atoms with Gasteiger partial charge in [0.05, 0.1) is 19.4 Å². The van der Waals surface area contributed by atoms with Crippen molar-refractivity contribution in [2.24, 2.45) is 5.92 Å². The quantitative estimate of drug-likeness (QED) is 0.484. The number of para-hydroxylation sites is 1. The van der Waals surface area contributed by atoms with E-state index < -0.39 is 0 Å². The summed E-state index contributed by atoms with van der Waals surface area (Å²) in [6, 6.07) is 9.39. The number of nitrogens with zero attached hydrogens (tertiary/aromatic N) is 6. The van der Waals surface area contributed by atoms with Crippen LogP contribution in [0.3, 0.4) is 0 Å². The van der Waals surface area contributed by atoms with Gasteiger partial charge in [0.1, 0.15) is 12.1 Å². The van der Waals surface area contributed by atoms with Crippen LogP contribution in [0.2, 0.25) is 0 Å². The molecule has 1 aromatic carbocycles. The Hall–Kier alpha value is -3.95. The number of rotatable bonds is 6. The zero-order chi connectivity index (χ0) is 23.1. The maximum atomic E-state index is 12.8. The van der Waals surface area contributed by atoms with Crippen LogP contribution >= 0.6 is 0 Å². The number of hydrogen-bond acceptors (Lipinski definition) is 7. The minimum absolute atomic E-state index is 0.100. The van der Waals surface area contributed by atoms with Gasteiger partial charge in [-0.05, 0) is 31.0 Å². The number of methoxy groups -OCH3 is 1. The summed E-state index contributed by atoms with van der Waals surface area (Å²) in [6.07, 6.45) is 1.81. The van der Waals surface area contributed by atoms with Crippen LogP contribution < -0.4 is 14.8 Å². The summed E-state index contributed by atoms with van der Waals surface area (Å²) < 4.78 is 15.0. The van der Waals surface area contributed by atoms with Gasteiger partial charge in [-0.25, -0.2) is 0 Å². The molecule has 0 spiro atoms. The molecule has 0 bridgehead atoms. The standard InChI is InChI=1S/C23H25N7O3/c1-13(2)11-33-22-15(6-5-7-17(22)32-4)16-10-20(31)25-23-21(16)14(3)27-30(23)19-9-8-18-26-24-12-29(18)28-19/h5-9,12-13,16H,10-11H2,1-4H3,(H,25,31). The Morgan fingerprint density at radius 3 is 2.85 bits per heavy atom. The molecule has 1 N–H and O–H groups in total. The molecule has 0 saturated carbocycles. The summed E-state index contributed by atoms with van der Waals surface area (Å²) in [5, 5.41) is 20.1. The molecule has 0 radical (unpaired) electrons. The van der Waals surface area contributed by atoms with E-state index in [0.717, 1.165) is 16.8 Å². The van der Waals surface area contributed by atoms with E-state index in [-0.39, 0.29) is 18.2 Å². The van der Waals surface area contributed by atoms with E-state index in [4.69, 9.17) is 14.6 Å². The Balaban J connectivity index is 1.64. The zero-order valence-electron chi connectivity index (χ0n) is 18.9. The van der Waals surface area contributed by atoms with Gasteiger partial charge in [-0.1, -0.05) is 26.0 Å². The van der Waals surface area contributed by atoms with Crippen molar-refractivity contribution in [1.82, 2.24) is 29.6 Å². The van der Waals surface area contributed by atoms with E-state index in [1.54, 1.807) is 28.4 Å². The molecule has 1 aliphatic rings. The molecule has 1 aliphatic heterocycles.